The second kappa shape index (κ2) is 16.3. The first-order valence-corrected chi connectivity index (χ1v) is 20.3. The second-order valence-electron chi connectivity index (χ2n) is 14.7. The van der Waals surface area contributed by atoms with Gasteiger partial charge in [0.1, 0.15) is 18.1 Å². The molecular formula is C42H44F3N3O7S. The third-order valence-electron chi connectivity index (χ3n) is 10.9. The lowest BCUT2D eigenvalue weighted by atomic mass is 9.69. The van der Waals surface area contributed by atoms with Crippen LogP contribution in [0, 0.1) is 5.92 Å². The van der Waals surface area contributed by atoms with Gasteiger partial charge < -0.3 is 24.4 Å². The van der Waals surface area contributed by atoms with Crippen LogP contribution in [0.25, 0.3) is 11.1 Å². The van der Waals surface area contributed by atoms with E-state index in [2.05, 4.69) is 10.0 Å². The molecule has 3 aliphatic rings. The molecule has 14 heteroatoms. The molecule has 4 aromatic rings. The number of amides is 2. The van der Waals surface area contributed by atoms with Crippen molar-refractivity contribution in [1.82, 2.24) is 14.9 Å². The Morgan fingerprint density at radius 2 is 1.45 bits per heavy atom. The lowest BCUT2D eigenvalue weighted by molar-refractivity contribution is -0.127. The number of sulfonamides is 1. The summed E-state index contributed by atoms with van der Waals surface area (Å²) in [6.45, 7) is 0.261. The molecule has 1 fully saturated rings. The Balaban J connectivity index is 1.13. The van der Waals surface area contributed by atoms with Gasteiger partial charge in [-0.15, -0.1) is 0 Å². The number of alkyl halides is 3. The molecule has 2 heterocycles. The molecule has 0 bridgehead atoms. The van der Waals surface area contributed by atoms with E-state index in [1.807, 2.05) is 97.1 Å². The Morgan fingerprint density at radius 3 is 2.05 bits per heavy atom. The number of hydrogen-bond acceptors (Lipinski definition) is 7. The molecule has 296 valence electrons. The number of methoxy groups -OCH3 is 1. The summed E-state index contributed by atoms with van der Waals surface area (Å²) < 4.78 is 84.6. The molecule has 1 aliphatic carbocycles. The van der Waals surface area contributed by atoms with Crippen molar-refractivity contribution >= 4 is 22.0 Å². The first-order chi connectivity index (χ1) is 26.9. The van der Waals surface area contributed by atoms with E-state index in [1.165, 1.54) is 4.90 Å². The van der Waals surface area contributed by atoms with E-state index in [0.29, 0.717) is 24.5 Å². The van der Waals surface area contributed by atoms with Gasteiger partial charge in [0, 0.05) is 61.9 Å². The van der Waals surface area contributed by atoms with Crippen LogP contribution in [0.15, 0.2) is 97.1 Å². The van der Waals surface area contributed by atoms with Gasteiger partial charge in [0.2, 0.25) is 15.9 Å². The SMILES string of the molecule is COCCCCC1(CNC(=O)[C@H]2C[C@@H](NS(=O)(=O)CC(F)(F)F)CN(C(=O)OCC3c4ccccc4-c4ccccc43)C2)c2ccccc2Oc2ccccc21. The van der Waals surface area contributed by atoms with E-state index in [9.17, 15) is 31.2 Å². The largest absolute Gasteiger partial charge is 0.457 e. The van der Waals surface area contributed by atoms with Crippen LogP contribution in [-0.2, 0) is 29.7 Å². The zero-order chi connectivity index (χ0) is 39.5. The fourth-order valence-electron chi connectivity index (χ4n) is 8.49. The predicted octanol–water partition coefficient (Wildman–Crippen LogP) is 7.13. The number of carbonyl (C=O) groups excluding carboxylic acids is 2. The van der Waals surface area contributed by atoms with Crippen LogP contribution < -0.4 is 14.8 Å². The third-order valence-corrected chi connectivity index (χ3v) is 12.3. The molecule has 7 rings (SSSR count). The molecule has 0 aromatic heterocycles. The van der Waals surface area contributed by atoms with Gasteiger partial charge in [0.05, 0.1) is 5.92 Å². The number of rotatable bonds is 13. The molecule has 10 nitrogen and oxygen atoms in total. The van der Waals surface area contributed by atoms with Crippen molar-refractivity contribution in [2.75, 3.05) is 45.7 Å². The molecule has 4 aromatic carbocycles. The normalized spacial score (nSPS) is 18.5. The lowest BCUT2D eigenvalue weighted by Gasteiger charge is -2.41. The summed E-state index contributed by atoms with van der Waals surface area (Å²) in [7, 11) is -3.22. The van der Waals surface area contributed by atoms with Gasteiger partial charge in [-0.25, -0.2) is 17.9 Å². The topological polar surface area (TPSA) is 123 Å². The van der Waals surface area contributed by atoms with Crippen LogP contribution in [0.3, 0.4) is 0 Å². The highest BCUT2D eigenvalue weighted by Gasteiger charge is 2.44. The van der Waals surface area contributed by atoms with Gasteiger partial charge in [-0.2, -0.15) is 13.2 Å². The number of ether oxygens (including phenoxy) is 3. The third kappa shape index (κ3) is 8.42. The number of piperidine rings is 1. The number of likely N-dealkylation sites (tertiary alicyclic amines) is 1. The Kier molecular flexibility index (Phi) is 11.4. The highest BCUT2D eigenvalue weighted by molar-refractivity contribution is 7.89. The molecular weight excluding hydrogens is 748 g/mol. The van der Waals surface area contributed by atoms with Gasteiger partial charge in [-0.05, 0) is 60.1 Å². The first kappa shape index (κ1) is 39.3. The van der Waals surface area contributed by atoms with Crippen molar-refractivity contribution in [2.24, 2.45) is 5.92 Å². The molecule has 2 N–H and O–H groups in total. The lowest BCUT2D eigenvalue weighted by Crippen LogP contribution is -2.56. The number of hydrogen-bond donors (Lipinski definition) is 2. The Bertz CT molecular complexity index is 2090. The summed E-state index contributed by atoms with van der Waals surface area (Å²) in [6, 6.07) is 29.7. The summed E-state index contributed by atoms with van der Waals surface area (Å²) in [5.41, 5.74) is 5.10. The second-order valence-corrected chi connectivity index (χ2v) is 16.4. The number of para-hydroxylation sites is 2. The summed E-state index contributed by atoms with van der Waals surface area (Å²) in [5, 5.41) is 3.10. The highest BCUT2D eigenvalue weighted by Crippen LogP contribution is 2.50. The molecule has 2 atom stereocenters. The van der Waals surface area contributed by atoms with Crippen molar-refractivity contribution in [3.8, 4) is 22.6 Å². The highest BCUT2D eigenvalue weighted by atomic mass is 32.2. The average molecular weight is 792 g/mol. The minimum atomic E-state index is -4.99. The molecule has 0 spiro atoms. The zero-order valence-corrected chi connectivity index (χ0v) is 31.7. The van der Waals surface area contributed by atoms with Crippen LogP contribution >= 0.6 is 0 Å². The Morgan fingerprint density at radius 1 is 0.857 bits per heavy atom. The van der Waals surface area contributed by atoms with E-state index in [0.717, 1.165) is 46.2 Å². The number of halogens is 3. The van der Waals surface area contributed by atoms with Crippen molar-refractivity contribution in [2.45, 2.75) is 49.2 Å². The van der Waals surface area contributed by atoms with Gasteiger partial charge >= 0.3 is 12.3 Å². The summed E-state index contributed by atoms with van der Waals surface area (Å²) in [5.74, 6) is -2.49. The van der Waals surface area contributed by atoms with E-state index in [4.69, 9.17) is 14.2 Å². The maximum absolute atomic E-state index is 14.2. The quantitative estimate of drug-likeness (QED) is 0.138. The minimum Gasteiger partial charge on any atom is -0.457 e. The number of fused-ring (bicyclic) bond motifs is 5. The van der Waals surface area contributed by atoms with Gasteiger partial charge in [-0.3, -0.25) is 4.79 Å². The smallest absolute Gasteiger partial charge is 0.409 e. The number of unbranched alkanes of at least 4 members (excludes halogenated alkanes) is 1. The monoisotopic (exact) mass is 791 g/mol. The van der Waals surface area contributed by atoms with Crippen molar-refractivity contribution in [3.63, 3.8) is 0 Å². The van der Waals surface area contributed by atoms with Gasteiger partial charge in [0.25, 0.3) is 0 Å². The molecule has 2 amide bonds. The molecule has 1 saturated heterocycles. The average Bonchev–Trinajstić information content (AvgIpc) is 3.49. The number of carbonyl (C=O) groups is 2. The van der Waals surface area contributed by atoms with Crippen LogP contribution in [0.5, 0.6) is 11.5 Å². The summed E-state index contributed by atoms with van der Waals surface area (Å²) >= 11 is 0. The molecule has 0 radical (unpaired) electrons. The van der Waals surface area contributed by atoms with E-state index >= 15 is 0 Å². The maximum atomic E-state index is 14.2. The predicted molar refractivity (Wildman–Crippen MR) is 204 cm³/mol. The molecule has 0 saturated carbocycles. The standard InChI is InChI=1S/C42H44F3N3O7S/c1-53-21-11-10-20-41(35-16-6-8-18-37(35)55-38-19-9-7-17-36(38)41)26-46-39(49)28-22-29(47-56(51,52)27-42(43,44)45)24-48(23-28)40(50)54-25-34-32-14-4-2-12-30(32)31-13-3-5-15-33(31)34/h2-9,12-19,28-29,34,47H,10-11,20-27H2,1H3,(H,46,49)/t28-,29+/m0/s1. The maximum Gasteiger partial charge on any atom is 0.409 e. The van der Waals surface area contributed by atoms with Crippen molar-refractivity contribution < 1.29 is 45.4 Å². The van der Waals surface area contributed by atoms with E-state index < -0.39 is 51.3 Å². The summed E-state index contributed by atoms with van der Waals surface area (Å²) in [6.07, 6.45) is -3.76. The van der Waals surface area contributed by atoms with Crippen LogP contribution in [0.4, 0.5) is 18.0 Å². The number of benzene rings is 4. The number of nitrogens with one attached hydrogen (secondary N) is 2. The van der Waals surface area contributed by atoms with Gasteiger partial charge in [-0.1, -0.05) is 84.9 Å². The van der Waals surface area contributed by atoms with Crippen LogP contribution in [0.2, 0.25) is 0 Å². The first-order valence-electron chi connectivity index (χ1n) is 18.7. The van der Waals surface area contributed by atoms with Crippen LogP contribution in [0.1, 0.15) is 53.9 Å². The Hall–Kier alpha value is -4.92. The number of nitrogens with zero attached hydrogens (tertiary/aromatic N) is 1. The zero-order valence-electron chi connectivity index (χ0n) is 30.9. The van der Waals surface area contributed by atoms with E-state index in [-0.39, 0.29) is 38.6 Å². The summed E-state index contributed by atoms with van der Waals surface area (Å²) in [4.78, 5) is 29.2. The van der Waals surface area contributed by atoms with Gasteiger partial charge in [0.15, 0.2) is 5.75 Å². The molecule has 0 unspecified atom stereocenters. The Labute approximate surface area is 324 Å². The van der Waals surface area contributed by atoms with E-state index in [1.54, 1.807) is 7.11 Å². The fourth-order valence-corrected chi connectivity index (χ4v) is 9.68. The van der Waals surface area contributed by atoms with Crippen molar-refractivity contribution in [3.05, 3.63) is 119 Å². The molecule has 2 aliphatic heterocycles. The minimum absolute atomic E-state index is 0.0306. The molecule has 56 heavy (non-hydrogen) atoms. The fraction of sp³-hybridized carbons (Fsp3) is 0.381. The van der Waals surface area contributed by atoms with Crippen molar-refractivity contribution in [1.29, 1.82) is 0 Å². The van der Waals surface area contributed by atoms with Crippen LogP contribution in [-0.4, -0.2) is 83.2 Å².